The van der Waals surface area contributed by atoms with E-state index in [2.05, 4.69) is 17.0 Å². The zero-order valence-corrected chi connectivity index (χ0v) is 16.6. The van der Waals surface area contributed by atoms with Gasteiger partial charge in [0.05, 0.1) is 11.6 Å². The van der Waals surface area contributed by atoms with Gasteiger partial charge >= 0.3 is 0 Å². The van der Waals surface area contributed by atoms with Crippen LogP contribution in [-0.2, 0) is 11.3 Å². The first-order valence-corrected chi connectivity index (χ1v) is 9.23. The average Bonchev–Trinajstić information content (AvgIpc) is 3.21. The van der Waals surface area contributed by atoms with Crippen molar-refractivity contribution < 1.29 is 31.4 Å². The van der Waals surface area contributed by atoms with Crippen molar-refractivity contribution in [3.8, 4) is 23.3 Å². The number of rotatable bonds is 5. The summed E-state index contributed by atoms with van der Waals surface area (Å²) in [6.07, 6.45) is 0. The molecule has 0 aliphatic carbocycles. The zero-order valence-electron chi connectivity index (χ0n) is 15.8. The molecule has 0 radical (unpaired) electrons. The highest BCUT2D eigenvalue weighted by molar-refractivity contribution is 5.77. The largest absolute Gasteiger partial charge is 1.00 e. The van der Waals surface area contributed by atoms with Gasteiger partial charge in [0, 0.05) is 32.7 Å². The predicted molar refractivity (Wildman–Crippen MR) is 101 cm³/mol. The molecule has 2 aromatic rings. The van der Waals surface area contributed by atoms with E-state index >= 15 is 0 Å². The summed E-state index contributed by atoms with van der Waals surface area (Å²) in [5.41, 5.74) is 1.74. The maximum Gasteiger partial charge on any atom is 0.260 e. The second-order valence-electron chi connectivity index (χ2n) is 6.77. The van der Waals surface area contributed by atoms with Gasteiger partial charge in [0.2, 0.25) is 6.79 Å². The summed E-state index contributed by atoms with van der Waals surface area (Å²) in [6, 6.07) is 14.8. The zero-order chi connectivity index (χ0) is 19.3. The quantitative estimate of drug-likeness (QED) is 0.625. The summed E-state index contributed by atoms with van der Waals surface area (Å²) >= 11 is 0. The molecule has 0 atom stereocenters. The molecular weight excluding hydrogens is 394 g/mol. The molecule has 1 fully saturated rings. The third-order valence-corrected chi connectivity index (χ3v) is 4.91. The fourth-order valence-corrected chi connectivity index (χ4v) is 3.31. The number of ether oxygens (including phenoxy) is 3. The third-order valence-electron chi connectivity index (χ3n) is 4.91. The molecule has 1 amide bonds. The Labute approximate surface area is 175 Å². The molecule has 29 heavy (non-hydrogen) atoms. The minimum absolute atomic E-state index is 0. The predicted octanol–water partition coefficient (Wildman–Crippen LogP) is -0.986. The highest BCUT2D eigenvalue weighted by Gasteiger charge is 2.22. The fourth-order valence-electron chi connectivity index (χ4n) is 3.31. The molecule has 1 saturated heterocycles. The van der Waals surface area contributed by atoms with Gasteiger partial charge in [0.1, 0.15) is 5.75 Å². The number of hydrogen-bond acceptors (Lipinski definition) is 6. The van der Waals surface area contributed by atoms with E-state index in [1.165, 1.54) is 5.56 Å². The van der Waals surface area contributed by atoms with Crippen molar-refractivity contribution in [1.29, 1.82) is 5.26 Å². The Hall–Kier alpha value is -2.95. The average molecular weight is 415 g/mol. The van der Waals surface area contributed by atoms with Crippen LogP contribution in [0, 0.1) is 11.3 Å². The van der Waals surface area contributed by atoms with Gasteiger partial charge in [-0.05, 0) is 42.0 Å². The van der Waals surface area contributed by atoms with Crippen LogP contribution in [0.3, 0.4) is 0 Å². The standard InChI is InChI=1S/C21H21N3O4.ClH/c22-12-16-1-4-18(5-2-16)26-14-21(25)24-9-7-23(8-10-24)13-17-3-6-19-20(11-17)28-15-27-19;/h1-6,11H,7-10,13-15H2;1H/p-1. The summed E-state index contributed by atoms with van der Waals surface area (Å²) < 4.78 is 16.3. The molecular formula is C21H21ClN3O4-. The Morgan fingerprint density at radius 3 is 2.48 bits per heavy atom. The number of carbonyl (C=O) groups is 1. The van der Waals surface area contributed by atoms with Crippen molar-refractivity contribution in [2.45, 2.75) is 6.54 Å². The minimum atomic E-state index is -0.0212. The number of hydrogen-bond donors (Lipinski definition) is 0. The lowest BCUT2D eigenvalue weighted by atomic mass is 10.1. The monoisotopic (exact) mass is 414 g/mol. The Bertz CT molecular complexity index is 890. The van der Waals surface area contributed by atoms with E-state index in [0.717, 1.165) is 31.1 Å². The number of benzene rings is 2. The van der Waals surface area contributed by atoms with Crippen molar-refractivity contribution >= 4 is 5.91 Å². The molecule has 0 unspecified atom stereocenters. The van der Waals surface area contributed by atoms with Crippen LogP contribution in [0.4, 0.5) is 0 Å². The molecule has 0 N–H and O–H groups in total. The van der Waals surface area contributed by atoms with Crippen molar-refractivity contribution in [2.75, 3.05) is 39.6 Å². The molecule has 2 aliphatic heterocycles. The lowest BCUT2D eigenvalue weighted by Gasteiger charge is -2.34. The van der Waals surface area contributed by atoms with Crippen molar-refractivity contribution in [3.63, 3.8) is 0 Å². The van der Waals surface area contributed by atoms with Gasteiger partial charge in [-0.25, -0.2) is 0 Å². The molecule has 4 rings (SSSR count). The summed E-state index contributed by atoms with van der Waals surface area (Å²) in [6.45, 7) is 4.10. The molecule has 0 aromatic heterocycles. The summed E-state index contributed by atoms with van der Waals surface area (Å²) in [7, 11) is 0. The second kappa shape index (κ2) is 9.50. The van der Waals surface area contributed by atoms with Crippen LogP contribution in [0.2, 0.25) is 0 Å². The molecule has 0 bridgehead atoms. The van der Waals surface area contributed by atoms with Gasteiger partial charge < -0.3 is 31.5 Å². The van der Waals surface area contributed by atoms with Crippen molar-refractivity contribution in [2.24, 2.45) is 0 Å². The van der Waals surface area contributed by atoms with Crippen LogP contribution in [0.25, 0.3) is 0 Å². The fraction of sp³-hybridized carbons (Fsp3) is 0.333. The smallest absolute Gasteiger partial charge is 0.260 e. The highest BCUT2D eigenvalue weighted by atomic mass is 35.5. The number of nitrogens with zero attached hydrogens (tertiary/aromatic N) is 3. The van der Waals surface area contributed by atoms with Crippen molar-refractivity contribution in [3.05, 3.63) is 53.6 Å². The molecule has 2 heterocycles. The van der Waals surface area contributed by atoms with Gasteiger partial charge in [-0.2, -0.15) is 5.26 Å². The van der Waals surface area contributed by atoms with E-state index < -0.39 is 0 Å². The van der Waals surface area contributed by atoms with Gasteiger partial charge in [-0.15, -0.1) is 0 Å². The van der Waals surface area contributed by atoms with E-state index in [-0.39, 0.29) is 31.7 Å². The van der Waals surface area contributed by atoms with Gasteiger partial charge in [-0.3, -0.25) is 9.69 Å². The van der Waals surface area contributed by atoms with Gasteiger partial charge in [0.25, 0.3) is 5.91 Å². The summed E-state index contributed by atoms with van der Waals surface area (Å²) in [5, 5.41) is 8.81. The summed E-state index contributed by atoms with van der Waals surface area (Å²) in [5.74, 6) is 2.16. The Kier molecular flexibility index (Phi) is 6.81. The van der Waals surface area contributed by atoms with Crippen molar-refractivity contribution in [1.82, 2.24) is 9.80 Å². The first-order valence-electron chi connectivity index (χ1n) is 9.23. The highest BCUT2D eigenvalue weighted by Crippen LogP contribution is 2.32. The van der Waals surface area contributed by atoms with Crippen LogP contribution in [-0.4, -0.2) is 55.3 Å². The van der Waals surface area contributed by atoms with Crippen LogP contribution in [0.5, 0.6) is 17.2 Å². The number of piperazine rings is 1. The van der Waals surface area contributed by atoms with Crippen LogP contribution < -0.4 is 26.6 Å². The molecule has 2 aliphatic rings. The maximum atomic E-state index is 12.4. The topological polar surface area (TPSA) is 75.0 Å². The van der Waals surface area contributed by atoms with E-state index in [4.69, 9.17) is 19.5 Å². The number of fused-ring (bicyclic) bond motifs is 1. The number of halogens is 1. The molecule has 152 valence electrons. The lowest BCUT2D eigenvalue weighted by Crippen LogP contribution is -3.00. The van der Waals surface area contributed by atoms with Crippen LogP contribution >= 0.6 is 0 Å². The Morgan fingerprint density at radius 2 is 1.76 bits per heavy atom. The third kappa shape index (κ3) is 5.11. The maximum absolute atomic E-state index is 12.4. The molecule has 7 nitrogen and oxygen atoms in total. The normalized spacial score (nSPS) is 15.3. The van der Waals surface area contributed by atoms with Gasteiger partial charge in [-0.1, -0.05) is 6.07 Å². The molecule has 0 saturated carbocycles. The van der Waals surface area contributed by atoms with E-state index in [1.807, 2.05) is 17.0 Å². The first-order chi connectivity index (χ1) is 13.7. The molecule has 8 heteroatoms. The van der Waals surface area contributed by atoms with Crippen LogP contribution in [0.15, 0.2) is 42.5 Å². The van der Waals surface area contributed by atoms with E-state index in [0.29, 0.717) is 24.4 Å². The Morgan fingerprint density at radius 1 is 1.03 bits per heavy atom. The van der Waals surface area contributed by atoms with Crippen LogP contribution in [0.1, 0.15) is 11.1 Å². The lowest BCUT2D eigenvalue weighted by molar-refractivity contribution is -0.135. The molecule has 0 spiro atoms. The minimum Gasteiger partial charge on any atom is -1.00 e. The summed E-state index contributed by atoms with van der Waals surface area (Å²) in [4.78, 5) is 16.5. The SMILES string of the molecule is N#Cc1ccc(OCC(=O)N2CCN(Cc3ccc4c(c3)OCO4)CC2)cc1.[Cl-]. The number of amides is 1. The number of carbonyl (C=O) groups excluding carboxylic acids is 1. The number of nitriles is 1. The van der Waals surface area contributed by atoms with E-state index in [9.17, 15) is 4.79 Å². The second-order valence-corrected chi connectivity index (χ2v) is 6.77. The molecule has 2 aromatic carbocycles. The first kappa shape index (κ1) is 20.8. The van der Waals surface area contributed by atoms with Gasteiger partial charge in [0.15, 0.2) is 18.1 Å². The van der Waals surface area contributed by atoms with E-state index in [1.54, 1.807) is 24.3 Å². The Balaban J connectivity index is 0.00000240.